The van der Waals surface area contributed by atoms with Crippen LogP contribution in [0.25, 0.3) is 0 Å². The molecule has 0 spiro atoms. The maximum Gasteiger partial charge on any atom is 0.472 e. The summed E-state index contributed by atoms with van der Waals surface area (Å²) in [6.45, 7) is 9.61. The normalized spacial score (nSPS) is 14.3. The van der Waals surface area contributed by atoms with Crippen LogP contribution >= 0.6 is 15.6 Å². The van der Waals surface area contributed by atoms with Crippen LogP contribution in [0.4, 0.5) is 0 Å². The number of unbranched alkanes of at least 4 members (excludes halogenated alkanes) is 44. The first-order valence-electron chi connectivity index (χ1n) is 39.5. The molecule has 0 aliphatic carbocycles. The van der Waals surface area contributed by atoms with Crippen molar-refractivity contribution in [2.75, 3.05) is 39.6 Å². The number of carbonyl (C=O) groups is 4. The first-order chi connectivity index (χ1) is 45.9. The van der Waals surface area contributed by atoms with Crippen molar-refractivity contribution in [1.29, 1.82) is 0 Å². The Morgan fingerprint density at radius 3 is 0.800 bits per heavy atom. The van der Waals surface area contributed by atoms with Crippen molar-refractivity contribution >= 4 is 39.5 Å². The Hall–Kier alpha value is -1.94. The zero-order valence-electron chi connectivity index (χ0n) is 62.0. The molecule has 0 aromatic rings. The van der Waals surface area contributed by atoms with Crippen molar-refractivity contribution in [1.82, 2.24) is 0 Å². The van der Waals surface area contributed by atoms with Crippen molar-refractivity contribution in [3.05, 3.63) is 0 Å². The molecule has 3 unspecified atom stereocenters. The summed E-state index contributed by atoms with van der Waals surface area (Å²) in [5.74, 6) is -0.564. The summed E-state index contributed by atoms with van der Waals surface area (Å²) in [5, 5.41) is 10.6. The molecule has 0 aromatic heterocycles. The zero-order valence-corrected chi connectivity index (χ0v) is 63.8. The molecule has 95 heavy (non-hydrogen) atoms. The van der Waals surface area contributed by atoms with Gasteiger partial charge >= 0.3 is 39.5 Å². The van der Waals surface area contributed by atoms with Crippen molar-refractivity contribution in [3.63, 3.8) is 0 Å². The Morgan fingerprint density at radius 2 is 0.537 bits per heavy atom. The van der Waals surface area contributed by atoms with Crippen LogP contribution in [0.1, 0.15) is 395 Å². The van der Waals surface area contributed by atoms with E-state index in [2.05, 4.69) is 41.5 Å². The van der Waals surface area contributed by atoms with Crippen LogP contribution in [-0.4, -0.2) is 96.7 Å². The van der Waals surface area contributed by atoms with Gasteiger partial charge in [-0.15, -0.1) is 0 Å². The number of ether oxygens (including phenoxy) is 4. The number of hydrogen-bond donors (Lipinski definition) is 3. The van der Waals surface area contributed by atoms with E-state index in [4.69, 9.17) is 37.0 Å². The van der Waals surface area contributed by atoms with Gasteiger partial charge in [0.2, 0.25) is 0 Å². The van der Waals surface area contributed by atoms with Crippen LogP contribution in [-0.2, 0) is 65.4 Å². The summed E-state index contributed by atoms with van der Waals surface area (Å²) < 4.78 is 68.6. The molecule has 0 aromatic carbocycles. The molecular formula is C76H148O17P2. The van der Waals surface area contributed by atoms with Gasteiger partial charge in [0.25, 0.3) is 0 Å². The van der Waals surface area contributed by atoms with Crippen molar-refractivity contribution in [2.45, 2.75) is 413 Å². The van der Waals surface area contributed by atoms with E-state index in [1.165, 1.54) is 212 Å². The first kappa shape index (κ1) is 93.1. The summed E-state index contributed by atoms with van der Waals surface area (Å²) in [4.78, 5) is 72.9. The van der Waals surface area contributed by atoms with E-state index in [0.29, 0.717) is 25.7 Å². The zero-order chi connectivity index (χ0) is 70.0. The van der Waals surface area contributed by atoms with Gasteiger partial charge in [0.05, 0.1) is 26.4 Å². The van der Waals surface area contributed by atoms with Gasteiger partial charge in [-0.2, -0.15) is 0 Å². The van der Waals surface area contributed by atoms with Crippen LogP contribution in [0.3, 0.4) is 0 Å². The minimum atomic E-state index is -4.96. The van der Waals surface area contributed by atoms with E-state index in [9.17, 15) is 43.2 Å². The Labute approximate surface area is 581 Å². The maximum atomic E-state index is 13.1. The number of hydrogen-bond acceptors (Lipinski definition) is 15. The minimum absolute atomic E-state index is 0.108. The standard InChI is InChI=1S/C76H148O17P2/c1-7-10-12-14-16-18-20-22-24-26-30-35-43-49-55-61-76(81)92-71(64-86-73(78)58-52-46-40-33-31-27-28-32-38-44-50-56-68(4)5)66-90-94(82,83)88-62-70(77)63-89-95(84,85)91-67-72(65-87-74(79)59-53-47-41-37-36-39-45-51-57-69(6)9-3)93-75(80)60-54-48-42-34-29-25-23-21-19-17-15-13-11-8-2/h68-72,77H,7-67H2,1-6H3,(H,82,83)(H,84,85)/t69?,70-,71-,72-/m1/s1. The van der Waals surface area contributed by atoms with Crippen molar-refractivity contribution < 1.29 is 80.2 Å². The molecule has 0 aliphatic heterocycles. The van der Waals surface area contributed by atoms with Gasteiger partial charge in [0.1, 0.15) is 19.3 Å². The number of aliphatic hydroxyl groups is 1. The third kappa shape index (κ3) is 69.0. The van der Waals surface area contributed by atoms with Crippen molar-refractivity contribution in [3.8, 4) is 0 Å². The summed E-state index contributed by atoms with van der Waals surface area (Å²) >= 11 is 0. The molecule has 3 N–H and O–H groups in total. The molecule has 0 rings (SSSR count). The van der Waals surface area contributed by atoms with E-state index >= 15 is 0 Å². The maximum absolute atomic E-state index is 13.1. The van der Waals surface area contributed by atoms with Gasteiger partial charge in [-0.05, 0) is 37.5 Å². The third-order valence-electron chi connectivity index (χ3n) is 18.1. The number of phosphoric acid groups is 2. The van der Waals surface area contributed by atoms with Crippen LogP contribution in [0.5, 0.6) is 0 Å². The van der Waals surface area contributed by atoms with Crippen LogP contribution in [0.2, 0.25) is 0 Å². The van der Waals surface area contributed by atoms with Gasteiger partial charge in [-0.3, -0.25) is 37.3 Å². The smallest absolute Gasteiger partial charge is 0.462 e. The molecule has 0 aliphatic rings. The molecule has 564 valence electrons. The van der Waals surface area contributed by atoms with E-state index in [1.54, 1.807) is 0 Å². The molecular weight excluding hydrogens is 1250 g/mol. The summed E-state index contributed by atoms with van der Waals surface area (Å²) in [7, 11) is -9.91. The SMILES string of the molecule is CCCCCCCCCCCCCCCCCC(=O)O[C@H](COC(=O)CCCCCCCCCCCCCC(C)C)COP(=O)(O)OC[C@@H](O)COP(=O)(O)OC[C@@H](COC(=O)CCCCCCCCCCC(C)CC)OC(=O)CCCCCCCCCCCCCCCC. The predicted molar refractivity (Wildman–Crippen MR) is 386 cm³/mol. The molecule has 17 nitrogen and oxygen atoms in total. The first-order valence-corrected chi connectivity index (χ1v) is 42.5. The second-order valence-electron chi connectivity index (χ2n) is 28.1. The molecule has 0 saturated carbocycles. The predicted octanol–water partition coefficient (Wildman–Crippen LogP) is 22.3. The Morgan fingerprint density at radius 1 is 0.305 bits per heavy atom. The van der Waals surface area contributed by atoms with Crippen LogP contribution in [0, 0.1) is 11.8 Å². The molecule has 0 fully saturated rings. The number of esters is 4. The fourth-order valence-electron chi connectivity index (χ4n) is 11.6. The van der Waals surface area contributed by atoms with E-state index in [-0.39, 0.29) is 25.7 Å². The lowest BCUT2D eigenvalue weighted by Gasteiger charge is -2.21. The lowest BCUT2D eigenvalue weighted by atomic mass is 9.99. The number of carbonyl (C=O) groups excluding carboxylic acids is 4. The highest BCUT2D eigenvalue weighted by atomic mass is 31.2. The van der Waals surface area contributed by atoms with Gasteiger partial charge < -0.3 is 33.8 Å². The number of rotatable bonds is 75. The topological polar surface area (TPSA) is 237 Å². The molecule has 0 saturated heterocycles. The van der Waals surface area contributed by atoms with E-state index in [1.807, 2.05) is 0 Å². The second kappa shape index (κ2) is 67.9. The van der Waals surface area contributed by atoms with E-state index in [0.717, 1.165) is 102 Å². The molecule has 0 bridgehead atoms. The number of aliphatic hydroxyl groups excluding tert-OH is 1. The summed E-state index contributed by atoms with van der Waals surface area (Å²) in [6, 6.07) is 0. The van der Waals surface area contributed by atoms with Crippen LogP contribution in [0.15, 0.2) is 0 Å². The summed E-state index contributed by atoms with van der Waals surface area (Å²) in [6.07, 6.45) is 55.2. The molecule has 19 heteroatoms. The average molecular weight is 1400 g/mol. The number of phosphoric ester groups is 2. The molecule has 0 radical (unpaired) electrons. The summed E-state index contributed by atoms with van der Waals surface area (Å²) in [5.41, 5.74) is 0. The lowest BCUT2D eigenvalue weighted by molar-refractivity contribution is -0.161. The van der Waals surface area contributed by atoms with Gasteiger partial charge in [0.15, 0.2) is 12.2 Å². The Kier molecular flexibility index (Phi) is 66.5. The third-order valence-corrected chi connectivity index (χ3v) is 20.0. The van der Waals surface area contributed by atoms with E-state index < -0.39 is 97.5 Å². The second-order valence-corrected chi connectivity index (χ2v) is 31.0. The fourth-order valence-corrected chi connectivity index (χ4v) is 13.2. The van der Waals surface area contributed by atoms with Gasteiger partial charge in [-0.25, -0.2) is 9.13 Å². The quantitative estimate of drug-likeness (QED) is 0.0222. The van der Waals surface area contributed by atoms with Gasteiger partial charge in [0, 0.05) is 25.7 Å². The largest absolute Gasteiger partial charge is 0.472 e. The molecule has 0 amide bonds. The Balaban J connectivity index is 5.27. The van der Waals surface area contributed by atoms with Crippen molar-refractivity contribution in [2.24, 2.45) is 11.8 Å². The highest BCUT2D eigenvalue weighted by Crippen LogP contribution is 2.45. The fraction of sp³-hybridized carbons (Fsp3) is 0.947. The highest BCUT2D eigenvalue weighted by Gasteiger charge is 2.30. The van der Waals surface area contributed by atoms with Gasteiger partial charge in [-0.1, -0.05) is 343 Å². The lowest BCUT2D eigenvalue weighted by Crippen LogP contribution is -2.30. The molecule has 6 atom stereocenters. The minimum Gasteiger partial charge on any atom is -0.462 e. The highest BCUT2D eigenvalue weighted by molar-refractivity contribution is 7.47. The monoisotopic (exact) mass is 1400 g/mol. The molecule has 0 heterocycles. The average Bonchev–Trinajstić information content (AvgIpc) is 1.59. The Bertz CT molecular complexity index is 1840. The van der Waals surface area contributed by atoms with Crippen LogP contribution < -0.4 is 0 Å².